The summed E-state index contributed by atoms with van der Waals surface area (Å²) < 4.78 is 73.5. The second-order valence-electron chi connectivity index (χ2n) is 12.1. The predicted octanol–water partition coefficient (Wildman–Crippen LogP) is 10.3. The Morgan fingerprint density at radius 2 is 1.43 bits per heavy atom. The Balaban J connectivity index is 0.00000704. The monoisotopic (exact) mass is 946 g/mol. The van der Waals surface area contributed by atoms with Crippen molar-refractivity contribution in [2.45, 2.75) is 21.6 Å². The number of phenols is 3. The maximum absolute atomic E-state index is 11.7. The van der Waals surface area contributed by atoms with Crippen LogP contribution >= 0.6 is 22.9 Å². The van der Waals surface area contributed by atoms with Crippen molar-refractivity contribution >= 4 is 100 Å². The number of aromatic carboxylic acids is 1. The molecule has 0 aliphatic rings. The molecular weight excluding hydrogens is 918 g/mol. The molecule has 0 heterocycles. The van der Waals surface area contributed by atoms with E-state index < -0.39 is 65.1 Å². The zero-order chi connectivity index (χ0) is 43.5. The van der Waals surface area contributed by atoms with Gasteiger partial charge < -0.3 is 44.6 Å². The first-order valence-electron chi connectivity index (χ1n) is 16.5. The molecule has 0 spiro atoms. The zero-order valence-electron chi connectivity index (χ0n) is 30.5. The quantitative estimate of drug-likeness (QED) is 0.00922. The molecule has 0 aromatic heterocycles. The molecule has 0 fully saturated rings. The Bertz CT molecular complexity index is 2900. The van der Waals surface area contributed by atoms with E-state index in [2.05, 4.69) is 40.1 Å². The summed E-state index contributed by atoms with van der Waals surface area (Å²) in [5.74, 6) is -3.65. The summed E-state index contributed by atoms with van der Waals surface area (Å²) in [5.41, 5.74) is 5.28. The van der Waals surface area contributed by atoms with Crippen molar-refractivity contribution in [1.29, 1.82) is 0 Å². The second-order valence-corrected chi connectivity index (χ2v) is 15.7. The van der Waals surface area contributed by atoms with Crippen molar-refractivity contribution < 1.29 is 88.3 Å². The smallest absolute Gasteiger partial charge is 0.337 e. The number of nitrogen functional groups attached to an aromatic ring is 1. The van der Waals surface area contributed by atoms with Crippen LogP contribution in [0.15, 0.2) is 124 Å². The maximum Gasteiger partial charge on any atom is 0.337 e. The Morgan fingerprint density at radius 3 is 2.08 bits per heavy atom. The molecule has 0 saturated heterocycles. The molecule has 0 amide bonds. The van der Waals surface area contributed by atoms with E-state index >= 15 is 0 Å². The topological polar surface area (TPSA) is 361 Å². The van der Waals surface area contributed by atoms with Crippen molar-refractivity contribution in [1.82, 2.24) is 0 Å². The first kappa shape index (κ1) is 46.1. The van der Waals surface area contributed by atoms with Crippen LogP contribution in [0.2, 0.25) is 0 Å². The molecule has 6 rings (SSSR count). The van der Waals surface area contributed by atoms with Crippen LogP contribution in [-0.2, 0) is 36.6 Å². The van der Waals surface area contributed by atoms with Gasteiger partial charge in [0.1, 0.15) is 45.2 Å². The third-order valence-electron chi connectivity index (χ3n) is 8.22. The molecule has 0 aliphatic heterocycles. The Morgan fingerprint density at radius 1 is 0.754 bits per heavy atom. The molecule has 323 valence electrons. The SMILES string of the molecule is CCOc1cc(N=Nc2c(S(O)(O)O)cc3cc(S(=O)(=O)O)cc(O)c3c2O)c(O)cc1N=Nc1ccc(N=Nc2ccc(N)c(C(=O)O)c2)c2cc(SOOO)ccc12.[Cu]. The van der Waals surface area contributed by atoms with Gasteiger partial charge >= 0.3 is 5.97 Å². The molecule has 0 atom stereocenters. The number of azo groups is 3. The molecular formula is C35H29CuN7O15S3. The third-order valence-corrected chi connectivity index (χ3v) is 10.5. The molecule has 6 aromatic rings. The number of carboxylic acid groups (broad SMARTS) is 1. The number of aromatic hydroxyl groups is 3. The minimum absolute atomic E-state index is 0. The molecule has 1 radical (unpaired) electrons. The molecule has 6 aromatic carbocycles. The minimum atomic E-state index is -4.86. The van der Waals surface area contributed by atoms with E-state index in [-0.39, 0.29) is 68.8 Å². The standard InChI is InChI=1S/C35H29N7O15S3.Cu/c1-2-55-30-15-26(40-42-33-31(60(52,53)54)10-16-9-19(59(49,50)51)13-29(44)32(16)34(33)45)28(43)14-27(30)41-39-24-7-8-25(21-12-18(58-57-56-48)4-5-20(21)24)38-37-17-3-6-23(36)22(11-17)35(46)47;/h3-15,43-45,48,52-54H,2,36H2,1H3,(H,46,47)(H,49,50,51);. The van der Waals surface area contributed by atoms with Crippen molar-refractivity contribution in [2.24, 2.45) is 30.7 Å². The number of hydrogen-bond acceptors (Lipinski definition) is 21. The number of fused-ring (bicyclic) bond motifs is 2. The summed E-state index contributed by atoms with van der Waals surface area (Å²) >= 11 is 0.671. The van der Waals surface area contributed by atoms with Gasteiger partial charge in [0, 0.05) is 56.6 Å². The van der Waals surface area contributed by atoms with Crippen LogP contribution in [0.4, 0.5) is 39.8 Å². The van der Waals surface area contributed by atoms with Crippen molar-refractivity contribution in [3.05, 3.63) is 84.4 Å². The number of ether oxygens (including phenoxy) is 1. The molecule has 11 N–H and O–H groups in total. The van der Waals surface area contributed by atoms with E-state index in [4.69, 9.17) is 15.7 Å². The van der Waals surface area contributed by atoms with Crippen LogP contribution in [0.1, 0.15) is 17.3 Å². The summed E-state index contributed by atoms with van der Waals surface area (Å²) in [6.45, 7) is 1.73. The van der Waals surface area contributed by atoms with Gasteiger partial charge in [-0.3, -0.25) is 4.55 Å². The van der Waals surface area contributed by atoms with Gasteiger partial charge in [-0.15, -0.1) is 29.9 Å². The van der Waals surface area contributed by atoms with E-state index in [0.717, 1.165) is 18.2 Å². The van der Waals surface area contributed by atoms with Crippen LogP contribution in [0.25, 0.3) is 21.5 Å². The fourth-order valence-electron chi connectivity index (χ4n) is 5.56. The largest absolute Gasteiger partial charge is 0.507 e. The van der Waals surface area contributed by atoms with E-state index in [1.54, 1.807) is 37.3 Å². The summed E-state index contributed by atoms with van der Waals surface area (Å²) in [6.07, 6.45) is 0. The number of hydrogen-bond donors (Lipinski definition) is 10. The minimum Gasteiger partial charge on any atom is -0.507 e. The summed E-state index contributed by atoms with van der Waals surface area (Å²) in [7, 11) is -9.57. The van der Waals surface area contributed by atoms with E-state index in [1.165, 1.54) is 24.3 Å². The normalized spacial score (nSPS) is 12.5. The summed E-state index contributed by atoms with van der Waals surface area (Å²) in [5, 5.41) is 79.1. The fourth-order valence-corrected chi connectivity index (χ4v) is 7.18. The van der Waals surface area contributed by atoms with Gasteiger partial charge in [-0.05, 0) is 66.9 Å². The second kappa shape index (κ2) is 18.7. The van der Waals surface area contributed by atoms with Gasteiger partial charge in [0.15, 0.2) is 5.75 Å². The number of nitrogens with zero attached hydrogens (tertiary/aromatic N) is 6. The summed E-state index contributed by atoms with van der Waals surface area (Å²) in [4.78, 5) is 10.3. The fraction of sp³-hybridized carbons (Fsp3) is 0.0571. The molecule has 22 nitrogen and oxygen atoms in total. The average Bonchev–Trinajstić information content (AvgIpc) is 3.18. The Labute approximate surface area is 359 Å². The molecule has 0 unspecified atom stereocenters. The van der Waals surface area contributed by atoms with Crippen molar-refractivity contribution in [2.75, 3.05) is 12.3 Å². The predicted molar refractivity (Wildman–Crippen MR) is 215 cm³/mol. The van der Waals surface area contributed by atoms with Crippen LogP contribution in [0.5, 0.6) is 23.0 Å². The first-order chi connectivity index (χ1) is 28.4. The number of phenolic OH excluding ortho intramolecular Hbond substituents is 3. The van der Waals surface area contributed by atoms with Crippen LogP contribution < -0.4 is 10.5 Å². The van der Waals surface area contributed by atoms with Gasteiger partial charge in [-0.25, -0.2) is 10.1 Å². The molecule has 26 heteroatoms. The number of rotatable bonds is 14. The van der Waals surface area contributed by atoms with Crippen molar-refractivity contribution in [3.8, 4) is 23.0 Å². The van der Waals surface area contributed by atoms with Gasteiger partial charge in [0.25, 0.3) is 10.1 Å². The molecule has 0 saturated carbocycles. The third kappa shape index (κ3) is 10.3. The number of anilines is 1. The first-order valence-corrected chi connectivity index (χ1v) is 20.2. The molecule has 0 bridgehead atoms. The maximum atomic E-state index is 11.7. The Kier molecular flexibility index (Phi) is 14.1. The van der Waals surface area contributed by atoms with Crippen molar-refractivity contribution in [3.63, 3.8) is 0 Å². The molecule has 0 aliphatic carbocycles. The number of nitrogens with two attached hydrogens (primary N) is 1. The van der Waals surface area contributed by atoms with Gasteiger partial charge in [-0.1, -0.05) is 11.1 Å². The Hall–Kier alpha value is -6.00. The van der Waals surface area contributed by atoms with E-state index in [0.29, 0.717) is 39.5 Å². The van der Waals surface area contributed by atoms with Gasteiger partial charge in [-0.2, -0.15) is 13.5 Å². The zero-order valence-corrected chi connectivity index (χ0v) is 33.9. The average molecular weight is 947 g/mol. The van der Waals surface area contributed by atoms with Gasteiger partial charge in [0.2, 0.25) is 0 Å². The number of benzene rings is 6. The number of carbonyl (C=O) groups is 1. The van der Waals surface area contributed by atoms with Crippen LogP contribution in [0, 0.1) is 0 Å². The van der Waals surface area contributed by atoms with E-state index in [1.807, 2.05) is 0 Å². The van der Waals surface area contributed by atoms with Gasteiger partial charge in [0.05, 0.1) is 56.5 Å². The number of carboxylic acids is 1. The molecule has 61 heavy (non-hydrogen) atoms. The summed E-state index contributed by atoms with van der Waals surface area (Å²) in [6, 6.07) is 16.6. The van der Waals surface area contributed by atoms with E-state index in [9.17, 15) is 51.8 Å². The van der Waals surface area contributed by atoms with Crippen LogP contribution in [0.3, 0.4) is 0 Å². The van der Waals surface area contributed by atoms with Crippen LogP contribution in [-0.4, -0.2) is 64.9 Å².